The van der Waals surface area contributed by atoms with E-state index in [2.05, 4.69) is 21.2 Å². The molecule has 0 atom stereocenters. The van der Waals surface area contributed by atoms with Gasteiger partial charge in [0.15, 0.2) is 0 Å². The van der Waals surface area contributed by atoms with Gasteiger partial charge in [-0.3, -0.25) is 0 Å². The Labute approximate surface area is 98.9 Å². The summed E-state index contributed by atoms with van der Waals surface area (Å²) >= 11 is 3.03. The fraction of sp³-hybridized carbons (Fsp3) is 0.400. The van der Waals surface area contributed by atoms with E-state index in [4.69, 9.17) is 4.74 Å². The minimum absolute atomic E-state index is 0.0257. The van der Waals surface area contributed by atoms with Crippen LogP contribution in [0.3, 0.4) is 0 Å². The normalized spacial score (nSPS) is 17.0. The van der Waals surface area contributed by atoms with E-state index in [0.29, 0.717) is 17.7 Å². The molecule has 88 valence electrons. The molecule has 0 aliphatic carbocycles. The van der Waals surface area contributed by atoms with Gasteiger partial charge in [-0.05, 0) is 18.2 Å². The summed E-state index contributed by atoms with van der Waals surface area (Å²) in [7, 11) is 0. The van der Waals surface area contributed by atoms with Crippen LogP contribution < -0.4 is 5.32 Å². The average Bonchev–Trinajstić information content (AvgIpc) is 2.11. The molecule has 2 rings (SSSR count). The number of rotatable bonds is 2. The molecular formula is C10H9BrF3NO. The van der Waals surface area contributed by atoms with Crippen molar-refractivity contribution in [1.29, 1.82) is 0 Å². The largest absolute Gasteiger partial charge is 0.418 e. The maximum atomic E-state index is 12.7. The van der Waals surface area contributed by atoms with Gasteiger partial charge in [0.05, 0.1) is 24.8 Å². The van der Waals surface area contributed by atoms with Crippen LogP contribution in [-0.2, 0) is 10.9 Å². The minimum Gasteiger partial charge on any atom is -0.377 e. The van der Waals surface area contributed by atoms with Gasteiger partial charge in [0.1, 0.15) is 0 Å². The second kappa shape index (κ2) is 4.25. The molecule has 0 bridgehead atoms. The quantitative estimate of drug-likeness (QED) is 0.904. The molecule has 1 aromatic carbocycles. The molecule has 0 aromatic heterocycles. The summed E-state index contributed by atoms with van der Waals surface area (Å²) in [6.07, 6.45) is -4.35. The van der Waals surface area contributed by atoms with Crippen molar-refractivity contribution < 1.29 is 17.9 Å². The summed E-state index contributed by atoms with van der Waals surface area (Å²) in [5.41, 5.74) is -0.558. The van der Waals surface area contributed by atoms with Crippen molar-refractivity contribution in [2.24, 2.45) is 0 Å². The summed E-state index contributed by atoms with van der Waals surface area (Å²) < 4.78 is 43.4. The molecule has 0 unspecified atom stereocenters. The fourth-order valence-corrected chi connectivity index (χ4v) is 1.78. The van der Waals surface area contributed by atoms with Crippen molar-refractivity contribution in [2.45, 2.75) is 12.2 Å². The van der Waals surface area contributed by atoms with Gasteiger partial charge in [-0.15, -0.1) is 0 Å². The van der Waals surface area contributed by atoms with Crippen molar-refractivity contribution in [2.75, 3.05) is 18.5 Å². The Hall–Kier alpha value is -0.750. The van der Waals surface area contributed by atoms with Crippen LogP contribution in [0.2, 0.25) is 0 Å². The second-order valence-electron chi connectivity index (χ2n) is 3.57. The monoisotopic (exact) mass is 295 g/mol. The molecule has 0 radical (unpaired) electrons. The van der Waals surface area contributed by atoms with Gasteiger partial charge in [0.25, 0.3) is 0 Å². The molecule has 1 saturated heterocycles. The van der Waals surface area contributed by atoms with Gasteiger partial charge in [0, 0.05) is 10.2 Å². The van der Waals surface area contributed by atoms with Crippen LogP contribution >= 0.6 is 15.9 Å². The number of ether oxygens (including phenoxy) is 1. The zero-order valence-corrected chi connectivity index (χ0v) is 9.73. The van der Waals surface area contributed by atoms with E-state index in [-0.39, 0.29) is 11.7 Å². The summed E-state index contributed by atoms with van der Waals surface area (Å²) in [5, 5.41) is 2.81. The Kier molecular flexibility index (Phi) is 3.12. The predicted molar refractivity (Wildman–Crippen MR) is 57.4 cm³/mol. The topological polar surface area (TPSA) is 21.3 Å². The molecule has 1 aromatic rings. The van der Waals surface area contributed by atoms with Crippen molar-refractivity contribution in [3.05, 3.63) is 28.2 Å². The standard InChI is InChI=1S/C10H9BrF3NO/c11-6-1-2-9(15-7-4-16-5-7)8(3-6)10(12,13)14/h1-3,7,15H,4-5H2. The lowest BCUT2D eigenvalue weighted by Gasteiger charge is -2.29. The molecule has 0 spiro atoms. The molecule has 1 N–H and O–H groups in total. The summed E-state index contributed by atoms with van der Waals surface area (Å²) in [5.74, 6) is 0. The molecule has 1 aliphatic rings. The van der Waals surface area contributed by atoms with Crippen LogP contribution in [0.4, 0.5) is 18.9 Å². The van der Waals surface area contributed by atoms with Gasteiger partial charge >= 0.3 is 6.18 Å². The van der Waals surface area contributed by atoms with Crippen LogP contribution in [0.1, 0.15) is 5.56 Å². The molecule has 6 heteroatoms. The summed E-state index contributed by atoms with van der Waals surface area (Å²) in [6, 6.07) is 4.05. The molecular weight excluding hydrogens is 287 g/mol. The third-order valence-electron chi connectivity index (χ3n) is 2.28. The first-order chi connectivity index (χ1) is 7.47. The lowest BCUT2D eigenvalue weighted by Crippen LogP contribution is -2.40. The zero-order valence-electron chi connectivity index (χ0n) is 8.14. The average molecular weight is 296 g/mol. The lowest BCUT2D eigenvalue weighted by molar-refractivity contribution is -0.137. The van der Waals surface area contributed by atoms with E-state index in [0.717, 1.165) is 6.07 Å². The zero-order chi connectivity index (χ0) is 11.8. The van der Waals surface area contributed by atoms with Crippen LogP contribution in [0.15, 0.2) is 22.7 Å². The fourth-order valence-electron chi connectivity index (χ4n) is 1.42. The number of hydrogen-bond acceptors (Lipinski definition) is 2. The van der Waals surface area contributed by atoms with E-state index < -0.39 is 11.7 Å². The third kappa shape index (κ3) is 2.49. The Morgan fingerprint density at radius 1 is 1.31 bits per heavy atom. The van der Waals surface area contributed by atoms with Gasteiger partial charge < -0.3 is 10.1 Å². The maximum Gasteiger partial charge on any atom is 0.418 e. The highest BCUT2D eigenvalue weighted by molar-refractivity contribution is 9.10. The van der Waals surface area contributed by atoms with E-state index in [1.807, 2.05) is 0 Å². The van der Waals surface area contributed by atoms with Crippen LogP contribution in [0.25, 0.3) is 0 Å². The van der Waals surface area contributed by atoms with Crippen molar-refractivity contribution in [3.8, 4) is 0 Å². The van der Waals surface area contributed by atoms with E-state index in [1.165, 1.54) is 6.07 Å². The first kappa shape index (κ1) is 11.7. The van der Waals surface area contributed by atoms with Crippen LogP contribution in [0, 0.1) is 0 Å². The highest BCUT2D eigenvalue weighted by Crippen LogP contribution is 2.37. The van der Waals surface area contributed by atoms with Gasteiger partial charge in [0.2, 0.25) is 0 Å². The predicted octanol–water partition coefficient (Wildman–Crippen LogP) is 3.28. The third-order valence-corrected chi connectivity index (χ3v) is 2.78. The summed E-state index contributed by atoms with van der Waals surface area (Å²) in [4.78, 5) is 0. The van der Waals surface area contributed by atoms with Crippen molar-refractivity contribution in [1.82, 2.24) is 0 Å². The van der Waals surface area contributed by atoms with E-state index in [1.54, 1.807) is 6.07 Å². The molecule has 1 fully saturated rings. The highest BCUT2D eigenvalue weighted by atomic mass is 79.9. The SMILES string of the molecule is FC(F)(F)c1cc(Br)ccc1NC1COC1. The number of alkyl halides is 3. The van der Waals surface area contributed by atoms with Crippen molar-refractivity contribution in [3.63, 3.8) is 0 Å². The van der Waals surface area contributed by atoms with Crippen LogP contribution in [0.5, 0.6) is 0 Å². The van der Waals surface area contributed by atoms with Gasteiger partial charge in [-0.25, -0.2) is 0 Å². The maximum absolute atomic E-state index is 12.7. The molecule has 1 aliphatic heterocycles. The smallest absolute Gasteiger partial charge is 0.377 e. The van der Waals surface area contributed by atoms with Gasteiger partial charge in [-0.2, -0.15) is 13.2 Å². The molecule has 16 heavy (non-hydrogen) atoms. The van der Waals surface area contributed by atoms with Gasteiger partial charge in [-0.1, -0.05) is 15.9 Å². The Morgan fingerprint density at radius 3 is 2.50 bits per heavy atom. The Morgan fingerprint density at radius 2 is 2.00 bits per heavy atom. The number of anilines is 1. The van der Waals surface area contributed by atoms with Crippen LogP contribution in [-0.4, -0.2) is 19.3 Å². The molecule has 0 amide bonds. The molecule has 2 nitrogen and oxygen atoms in total. The lowest BCUT2D eigenvalue weighted by atomic mass is 10.1. The Bertz CT molecular complexity index is 390. The Balaban J connectivity index is 2.28. The molecule has 0 saturated carbocycles. The first-order valence-electron chi connectivity index (χ1n) is 4.68. The number of hydrogen-bond donors (Lipinski definition) is 1. The molecule has 1 heterocycles. The van der Waals surface area contributed by atoms with Crippen molar-refractivity contribution >= 4 is 21.6 Å². The number of benzene rings is 1. The number of nitrogens with one attached hydrogen (secondary N) is 1. The number of halogens is 4. The first-order valence-corrected chi connectivity index (χ1v) is 5.47. The second-order valence-corrected chi connectivity index (χ2v) is 4.48. The highest BCUT2D eigenvalue weighted by Gasteiger charge is 2.34. The van der Waals surface area contributed by atoms with E-state index >= 15 is 0 Å². The summed E-state index contributed by atoms with van der Waals surface area (Å²) in [6.45, 7) is 0.903. The minimum atomic E-state index is -4.35. The van der Waals surface area contributed by atoms with E-state index in [9.17, 15) is 13.2 Å².